The molecule has 9 nitrogen and oxygen atoms in total. The summed E-state index contributed by atoms with van der Waals surface area (Å²) in [5.41, 5.74) is 2.95. The highest BCUT2D eigenvalue weighted by Crippen LogP contribution is 2.29. The minimum Gasteiger partial charge on any atom is -0.293 e. The van der Waals surface area contributed by atoms with Crippen LogP contribution in [0.2, 0.25) is 5.15 Å². The monoisotopic (exact) mass is 456 g/mol. The third kappa shape index (κ3) is 4.49. The van der Waals surface area contributed by atoms with Crippen LogP contribution in [-0.4, -0.2) is 33.9 Å². The molecule has 0 spiro atoms. The van der Waals surface area contributed by atoms with Crippen molar-refractivity contribution in [2.45, 2.75) is 18.7 Å². The number of aryl methyl sites for hydroxylation is 1. The molecule has 1 amide bonds. The maximum Gasteiger partial charge on any atom is 0.261 e. The number of carbonyl (C=O) groups excluding carboxylic acids is 1. The summed E-state index contributed by atoms with van der Waals surface area (Å²) < 4.78 is 29.4. The van der Waals surface area contributed by atoms with Gasteiger partial charge in [-0.15, -0.1) is 5.10 Å². The first-order valence-electron chi connectivity index (χ1n) is 9.11. The van der Waals surface area contributed by atoms with Crippen LogP contribution < -0.4 is 10.0 Å². The molecular formula is C20H17ClN6O3S. The highest BCUT2D eigenvalue weighted by molar-refractivity contribution is 7.92. The first-order chi connectivity index (χ1) is 14.7. The van der Waals surface area contributed by atoms with E-state index in [0.29, 0.717) is 16.8 Å². The number of rotatable bonds is 5. The number of anilines is 2. The number of sulfonamides is 1. The Morgan fingerprint density at radius 1 is 1.10 bits per heavy atom. The maximum atomic E-state index is 12.7. The van der Waals surface area contributed by atoms with E-state index in [0.717, 1.165) is 5.56 Å². The number of hydrogen-bond acceptors (Lipinski definition) is 6. The summed E-state index contributed by atoms with van der Waals surface area (Å²) in [4.78, 5) is 19.6. The van der Waals surface area contributed by atoms with Crippen molar-refractivity contribution < 1.29 is 13.2 Å². The molecule has 3 heterocycles. The van der Waals surface area contributed by atoms with E-state index in [-0.39, 0.29) is 27.6 Å². The second-order valence-corrected chi connectivity index (χ2v) is 8.86. The summed E-state index contributed by atoms with van der Waals surface area (Å²) in [5.74, 6) is -0.0889. The first kappa shape index (κ1) is 20.8. The second kappa shape index (κ2) is 7.97. The lowest BCUT2D eigenvalue weighted by atomic mass is 10.1. The number of nitrogens with zero attached hydrogens (tertiary/aromatic N) is 4. The molecule has 11 heteroatoms. The highest BCUT2D eigenvalue weighted by atomic mass is 35.5. The summed E-state index contributed by atoms with van der Waals surface area (Å²) >= 11 is 6.14. The van der Waals surface area contributed by atoms with Gasteiger partial charge in [0.25, 0.3) is 10.0 Å². The molecule has 0 aliphatic heterocycles. The molecule has 158 valence electrons. The Hall–Kier alpha value is -3.50. The second-order valence-electron chi connectivity index (χ2n) is 6.82. The van der Waals surface area contributed by atoms with E-state index in [1.807, 2.05) is 6.92 Å². The molecule has 0 radical (unpaired) electrons. The van der Waals surface area contributed by atoms with E-state index >= 15 is 0 Å². The molecule has 0 saturated heterocycles. The van der Waals surface area contributed by atoms with Crippen LogP contribution >= 0.6 is 11.6 Å². The fraction of sp³-hybridized carbons (Fsp3) is 0.100. The van der Waals surface area contributed by atoms with Gasteiger partial charge in [0.15, 0.2) is 10.8 Å². The molecule has 4 aromatic rings. The standard InChI is InChI=1S/C20H17ClN6O3S/c1-12-3-6-16(7-4-12)31(29,30)26-17-9-15(10-22-19(17)21)14-5-8-18-24-20(23-13(2)28)25-27(18)11-14/h3-11,26H,1-2H3,(H,23,25,28). The van der Waals surface area contributed by atoms with Gasteiger partial charge in [0.1, 0.15) is 0 Å². The number of carbonyl (C=O) groups is 1. The lowest BCUT2D eigenvalue weighted by molar-refractivity contribution is -0.114. The fourth-order valence-corrected chi connectivity index (χ4v) is 4.13. The fourth-order valence-electron chi connectivity index (χ4n) is 2.86. The third-order valence-corrected chi connectivity index (χ3v) is 6.05. The van der Waals surface area contributed by atoms with Gasteiger partial charge in [-0.1, -0.05) is 29.3 Å². The van der Waals surface area contributed by atoms with Crippen molar-refractivity contribution in [2.75, 3.05) is 10.0 Å². The zero-order chi connectivity index (χ0) is 22.2. The lowest BCUT2D eigenvalue weighted by Gasteiger charge is -2.11. The summed E-state index contributed by atoms with van der Waals surface area (Å²) in [6, 6.07) is 11.6. The van der Waals surface area contributed by atoms with Crippen molar-refractivity contribution in [2.24, 2.45) is 0 Å². The molecule has 1 aromatic carbocycles. The summed E-state index contributed by atoms with van der Waals surface area (Å²) in [7, 11) is -3.84. The molecule has 0 aliphatic carbocycles. The molecule has 3 aromatic heterocycles. The topological polar surface area (TPSA) is 118 Å². The molecule has 2 N–H and O–H groups in total. The number of aromatic nitrogens is 4. The number of amides is 1. The molecule has 0 saturated carbocycles. The zero-order valence-electron chi connectivity index (χ0n) is 16.5. The van der Waals surface area contributed by atoms with Crippen molar-refractivity contribution >= 4 is 44.8 Å². The van der Waals surface area contributed by atoms with Gasteiger partial charge in [-0.25, -0.2) is 17.9 Å². The van der Waals surface area contributed by atoms with Crippen LogP contribution in [0.25, 0.3) is 16.8 Å². The van der Waals surface area contributed by atoms with Crippen LogP contribution in [0.15, 0.2) is 59.8 Å². The van der Waals surface area contributed by atoms with Gasteiger partial charge < -0.3 is 0 Å². The molecule has 0 aliphatic rings. The Balaban J connectivity index is 1.67. The Kier molecular flexibility index (Phi) is 5.34. The first-order valence-corrected chi connectivity index (χ1v) is 11.0. The number of nitrogens with one attached hydrogen (secondary N) is 2. The van der Waals surface area contributed by atoms with Gasteiger partial charge in [0.05, 0.1) is 10.6 Å². The Bertz CT molecular complexity index is 1400. The van der Waals surface area contributed by atoms with Gasteiger partial charge in [0, 0.05) is 30.4 Å². The number of hydrogen-bond donors (Lipinski definition) is 2. The largest absolute Gasteiger partial charge is 0.293 e. The van der Waals surface area contributed by atoms with Crippen molar-refractivity contribution in [3.05, 3.63) is 65.6 Å². The van der Waals surface area contributed by atoms with Crippen molar-refractivity contribution in [1.82, 2.24) is 19.6 Å². The SMILES string of the molecule is CC(=O)Nc1nc2ccc(-c3cnc(Cl)c(NS(=O)(=O)c4ccc(C)cc4)c3)cn2n1. The van der Waals surface area contributed by atoms with Crippen molar-refractivity contribution in [3.8, 4) is 11.1 Å². The quantitative estimate of drug-likeness (QED) is 0.443. The molecule has 0 atom stereocenters. The van der Waals surface area contributed by atoms with Crippen LogP contribution in [0, 0.1) is 6.92 Å². The Labute approximate surface area is 183 Å². The molecule has 0 bridgehead atoms. The van der Waals surface area contributed by atoms with Crippen LogP contribution in [0.1, 0.15) is 12.5 Å². The summed E-state index contributed by atoms with van der Waals surface area (Å²) in [6.45, 7) is 3.24. The Morgan fingerprint density at radius 2 is 1.84 bits per heavy atom. The van der Waals surface area contributed by atoms with E-state index in [1.165, 1.54) is 29.8 Å². The van der Waals surface area contributed by atoms with Gasteiger partial charge in [0.2, 0.25) is 11.9 Å². The van der Waals surface area contributed by atoms with E-state index in [1.54, 1.807) is 36.5 Å². The number of halogens is 1. The predicted molar refractivity (Wildman–Crippen MR) is 118 cm³/mol. The molecule has 0 fully saturated rings. The van der Waals surface area contributed by atoms with Crippen LogP contribution in [0.5, 0.6) is 0 Å². The minimum absolute atomic E-state index is 0.0224. The van der Waals surface area contributed by atoms with Gasteiger partial charge >= 0.3 is 0 Å². The molecule has 0 unspecified atom stereocenters. The van der Waals surface area contributed by atoms with Crippen molar-refractivity contribution in [1.29, 1.82) is 0 Å². The number of benzene rings is 1. The van der Waals surface area contributed by atoms with Crippen LogP contribution in [0.4, 0.5) is 11.6 Å². The lowest BCUT2D eigenvalue weighted by Crippen LogP contribution is -2.13. The average Bonchev–Trinajstić information content (AvgIpc) is 3.10. The van der Waals surface area contributed by atoms with E-state index in [2.05, 4.69) is 25.1 Å². The van der Waals surface area contributed by atoms with Crippen molar-refractivity contribution in [3.63, 3.8) is 0 Å². The van der Waals surface area contributed by atoms with E-state index in [4.69, 9.17) is 11.6 Å². The smallest absolute Gasteiger partial charge is 0.261 e. The van der Waals surface area contributed by atoms with E-state index in [9.17, 15) is 13.2 Å². The van der Waals surface area contributed by atoms with Crippen LogP contribution in [0.3, 0.4) is 0 Å². The third-order valence-electron chi connectivity index (χ3n) is 4.37. The minimum atomic E-state index is -3.84. The summed E-state index contributed by atoms with van der Waals surface area (Å²) in [6.07, 6.45) is 3.22. The number of fused-ring (bicyclic) bond motifs is 1. The molecular weight excluding hydrogens is 440 g/mol. The maximum absolute atomic E-state index is 12.7. The average molecular weight is 457 g/mol. The zero-order valence-corrected chi connectivity index (χ0v) is 18.1. The van der Waals surface area contributed by atoms with E-state index < -0.39 is 10.0 Å². The van der Waals surface area contributed by atoms with Gasteiger partial charge in [-0.2, -0.15) is 4.98 Å². The van der Waals surface area contributed by atoms with Crippen LogP contribution in [-0.2, 0) is 14.8 Å². The highest BCUT2D eigenvalue weighted by Gasteiger charge is 2.17. The Morgan fingerprint density at radius 3 is 2.55 bits per heavy atom. The van der Waals surface area contributed by atoms with Gasteiger partial charge in [-0.3, -0.25) is 14.8 Å². The normalized spacial score (nSPS) is 11.5. The summed E-state index contributed by atoms with van der Waals surface area (Å²) in [5, 5.41) is 6.75. The predicted octanol–water partition coefficient (Wildman–Crippen LogP) is 3.51. The molecule has 4 rings (SSSR count). The number of pyridine rings is 2. The van der Waals surface area contributed by atoms with Gasteiger partial charge in [-0.05, 0) is 37.3 Å². The molecule has 31 heavy (non-hydrogen) atoms.